The SMILES string of the molecule is c1ccc(SC2(Sc3ccccc3)SC2(c2ccccc2)c2ccccc2)cc1. The lowest BCUT2D eigenvalue weighted by Crippen LogP contribution is -2.20. The average molecular weight is 429 g/mol. The molecule has 0 saturated carbocycles. The van der Waals surface area contributed by atoms with Gasteiger partial charge in [0.1, 0.15) is 8.16 Å². The second-order valence-electron chi connectivity index (χ2n) is 6.90. The lowest BCUT2D eigenvalue weighted by Gasteiger charge is -2.24. The molecule has 0 nitrogen and oxygen atoms in total. The van der Waals surface area contributed by atoms with E-state index in [1.165, 1.54) is 20.9 Å². The lowest BCUT2D eigenvalue weighted by atomic mass is 9.92. The van der Waals surface area contributed by atoms with Crippen LogP contribution in [0, 0.1) is 0 Å². The third-order valence-corrected chi connectivity index (χ3v) is 10.4. The largest absolute Gasteiger partial charge is 0.140 e. The van der Waals surface area contributed by atoms with Gasteiger partial charge in [-0.25, -0.2) is 0 Å². The zero-order chi connectivity index (χ0) is 19.6. The van der Waals surface area contributed by atoms with Crippen molar-refractivity contribution in [1.29, 1.82) is 0 Å². The number of thioether (sulfide) groups is 3. The van der Waals surface area contributed by atoms with Crippen LogP contribution in [0.3, 0.4) is 0 Å². The number of rotatable bonds is 6. The second kappa shape index (κ2) is 7.98. The van der Waals surface area contributed by atoms with Gasteiger partial charge in [0.25, 0.3) is 0 Å². The Labute approximate surface area is 185 Å². The maximum Gasteiger partial charge on any atom is 0.140 e. The summed E-state index contributed by atoms with van der Waals surface area (Å²) in [5.41, 5.74) is 2.73. The molecule has 5 rings (SSSR count). The standard InChI is InChI=1S/C26H20S3/c1-5-13-21(14-6-1)25(22-15-7-2-8-16-22)26(29-25,27-23-17-9-3-10-18-23)28-24-19-11-4-12-20-24/h1-20H. The van der Waals surface area contributed by atoms with E-state index < -0.39 is 0 Å². The monoisotopic (exact) mass is 428 g/mol. The van der Waals surface area contributed by atoms with Crippen molar-refractivity contribution in [2.45, 2.75) is 17.9 Å². The summed E-state index contributed by atoms with van der Waals surface area (Å²) in [4.78, 5) is 2.61. The van der Waals surface area contributed by atoms with Crippen LogP contribution in [0.1, 0.15) is 11.1 Å². The second-order valence-corrected chi connectivity index (χ2v) is 11.7. The van der Waals surface area contributed by atoms with Crippen molar-refractivity contribution in [2.24, 2.45) is 0 Å². The molecule has 3 heteroatoms. The van der Waals surface area contributed by atoms with E-state index in [9.17, 15) is 0 Å². The van der Waals surface area contributed by atoms with Crippen LogP contribution >= 0.6 is 35.3 Å². The Hall–Kier alpha value is -2.07. The summed E-state index contributed by atoms with van der Waals surface area (Å²) < 4.78 is -0.172. The summed E-state index contributed by atoms with van der Waals surface area (Å²) in [6, 6.07) is 43.5. The van der Waals surface area contributed by atoms with Crippen molar-refractivity contribution in [3.05, 3.63) is 132 Å². The van der Waals surface area contributed by atoms with Gasteiger partial charge in [-0.15, -0.1) is 11.8 Å². The van der Waals surface area contributed by atoms with Crippen LogP contribution in [0.4, 0.5) is 0 Å². The van der Waals surface area contributed by atoms with Gasteiger partial charge in [-0.3, -0.25) is 0 Å². The van der Waals surface area contributed by atoms with Crippen molar-refractivity contribution in [3.8, 4) is 0 Å². The van der Waals surface area contributed by atoms with Gasteiger partial charge < -0.3 is 0 Å². The molecule has 0 radical (unpaired) electrons. The highest BCUT2D eigenvalue weighted by molar-refractivity contribution is 8.40. The average Bonchev–Trinajstić information content (AvgIpc) is 3.44. The van der Waals surface area contributed by atoms with Crippen LogP contribution in [-0.2, 0) is 4.75 Å². The normalized spacial score (nSPS) is 16.3. The van der Waals surface area contributed by atoms with Crippen molar-refractivity contribution in [1.82, 2.24) is 0 Å². The van der Waals surface area contributed by atoms with Crippen molar-refractivity contribution in [3.63, 3.8) is 0 Å². The topological polar surface area (TPSA) is 0 Å². The van der Waals surface area contributed by atoms with E-state index in [1.54, 1.807) is 0 Å². The fraction of sp³-hybridized carbons (Fsp3) is 0.0769. The Balaban J connectivity index is 1.65. The van der Waals surface area contributed by atoms with Crippen LogP contribution in [0.5, 0.6) is 0 Å². The maximum atomic E-state index is 2.28. The summed E-state index contributed by atoms with van der Waals surface area (Å²) in [6.07, 6.45) is 0. The van der Waals surface area contributed by atoms with Gasteiger partial charge in [0.2, 0.25) is 0 Å². The molecule has 4 aromatic rings. The molecule has 142 valence electrons. The van der Waals surface area contributed by atoms with E-state index in [0.29, 0.717) is 0 Å². The maximum absolute atomic E-state index is 2.28. The molecule has 0 spiro atoms. The molecular weight excluding hydrogens is 408 g/mol. The number of hydrogen-bond donors (Lipinski definition) is 0. The van der Waals surface area contributed by atoms with E-state index >= 15 is 0 Å². The molecule has 0 amide bonds. The first-order valence-corrected chi connectivity index (χ1v) is 12.1. The van der Waals surface area contributed by atoms with E-state index in [0.717, 1.165) is 0 Å². The molecule has 1 saturated heterocycles. The fourth-order valence-corrected chi connectivity index (χ4v) is 9.37. The van der Waals surface area contributed by atoms with Gasteiger partial charge in [-0.2, -0.15) is 0 Å². The minimum Gasteiger partial charge on any atom is -0.111 e. The molecular formula is C26H20S3. The van der Waals surface area contributed by atoms with E-state index in [2.05, 4.69) is 133 Å². The smallest absolute Gasteiger partial charge is 0.111 e. The first kappa shape index (κ1) is 18.9. The fourth-order valence-electron chi connectivity index (χ4n) is 3.65. The van der Waals surface area contributed by atoms with Crippen LogP contribution in [0.2, 0.25) is 0 Å². The third kappa shape index (κ3) is 3.52. The number of hydrogen-bond acceptors (Lipinski definition) is 3. The third-order valence-electron chi connectivity index (χ3n) is 5.03. The molecule has 0 unspecified atom stereocenters. The van der Waals surface area contributed by atoms with Crippen molar-refractivity contribution >= 4 is 35.3 Å². The lowest BCUT2D eigenvalue weighted by molar-refractivity contribution is 0.888. The van der Waals surface area contributed by atoms with Crippen molar-refractivity contribution < 1.29 is 0 Å². The van der Waals surface area contributed by atoms with E-state index in [4.69, 9.17) is 0 Å². The number of benzene rings is 4. The summed E-state index contributed by atoms with van der Waals surface area (Å²) in [5.74, 6) is 0. The summed E-state index contributed by atoms with van der Waals surface area (Å²) in [5, 5.41) is 0. The van der Waals surface area contributed by atoms with Crippen LogP contribution in [0.25, 0.3) is 0 Å². The molecule has 0 N–H and O–H groups in total. The van der Waals surface area contributed by atoms with Gasteiger partial charge in [0.05, 0.1) is 0 Å². The summed E-state index contributed by atoms with van der Waals surface area (Å²) in [7, 11) is 0. The predicted octanol–water partition coefficient (Wildman–Crippen LogP) is 7.92. The first-order chi connectivity index (χ1) is 14.3. The van der Waals surface area contributed by atoms with Gasteiger partial charge in [-0.1, -0.05) is 121 Å². The minimum atomic E-state index is -0.101. The van der Waals surface area contributed by atoms with E-state index in [1.807, 2.05) is 23.5 Å². The van der Waals surface area contributed by atoms with Gasteiger partial charge >= 0.3 is 0 Å². The van der Waals surface area contributed by atoms with Crippen LogP contribution < -0.4 is 0 Å². The molecule has 1 heterocycles. The molecule has 0 aliphatic carbocycles. The molecule has 1 aliphatic heterocycles. The first-order valence-electron chi connectivity index (χ1n) is 9.62. The molecule has 4 aromatic carbocycles. The Morgan fingerprint density at radius 3 is 1.17 bits per heavy atom. The Kier molecular flexibility index (Phi) is 5.21. The highest BCUT2D eigenvalue weighted by atomic mass is 32.3. The van der Waals surface area contributed by atoms with Crippen LogP contribution in [-0.4, -0.2) is 3.41 Å². The van der Waals surface area contributed by atoms with Gasteiger partial charge in [0, 0.05) is 9.79 Å². The quantitative estimate of drug-likeness (QED) is 0.226. The molecule has 1 fully saturated rings. The summed E-state index contributed by atoms with van der Waals surface area (Å²) in [6.45, 7) is 0. The Bertz CT molecular complexity index is 983. The molecule has 0 aromatic heterocycles. The van der Waals surface area contributed by atoms with Crippen molar-refractivity contribution in [2.75, 3.05) is 0 Å². The molecule has 29 heavy (non-hydrogen) atoms. The zero-order valence-electron chi connectivity index (χ0n) is 15.8. The highest BCUT2D eigenvalue weighted by Crippen LogP contribution is 2.84. The Morgan fingerprint density at radius 2 is 0.793 bits per heavy atom. The highest BCUT2D eigenvalue weighted by Gasteiger charge is 2.72. The summed E-state index contributed by atoms with van der Waals surface area (Å²) >= 11 is 6.00. The minimum absolute atomic E-state index is 0.0710. The molecule has 0 bridgehead atoms. The molecule has 1 aliphatic rings. The van der Waals surface area contributed by atoms with Gasteiger partial charge in [0.15, 0.2) is 0 Å². The Morgan fingerprint density at radius 1 is 0.448 bits per heavy atom. The van der Waals surface area contributed by atoms with E-state index in [-0.39, 0.29) is 8.16 Å². The predicted molar refractivity (Wildman–Crippen MR) is 129 cm³/mol. The zero-order valence-corrected chi connectivity index (χ0v) is 18.2. The van der Waals surface area contributed by atoms with Crippen LogP contribution in [0.15, 0.2) is 131 Å². The van der Waals surface area contributed by atoms with Gasteiger partial charge in [-0.05, 0) is 35.4 Å². The molecule has 0 atom stereocenters.